The minimum atomic E-state index is 0.542. The predicted octanol–water partition coefficient (Wildman–Crippen LogP) is 4.58. The van der Waals surface area contributed by atoms with E-state index >= 15 is 0 Å². The molecule has 156 valence electrons. The van der Waals surface area contributed by atoms with Crippen LogP contribution in [-0.4, -0.2) is 40.3 Å². The van der Waals surface area contributed by atoms with Crippen LogP contribution in [0, 0.1) is 0 Å². The Morgan fingerprint density at radius 1 is 0.806 bits per heavy atom. The zero-order valence-electron chi connectivity index (χ0n) is 17.8. The maximum absolute atomic E-state index is 5.51. The summed E-state index contributed by atoms with van der Waals surface area (Å²) in [6.07, 6.45) is 7.64. The summed E-state index contributed by atoms with van der Waals surface area (Å²) in [6, 6.07) is 12.3. The van der Waals surface area contributed by atoms with Gasteiger partial charge in [-0.1, -0.05) is 6.07 Å². The molecule has 0 bridgehead atoms. The van der Waals surface area contributed by atoms with Crippen molar-refractivity contribution in [3.63, 3.8) is 0 Å². The minimum Gasteiger partial charge on any atom is -0.493 e. The molecule has 0 N–H and O–H groups in total. The molecule has 0 saturated carbocycles. The molecule has 0 radical (unpaired) electrons. The largest absolute Gasteiger partial charge is 0.493 e. The van der Waals surface area contributed by atoms with Gasteiger partial charge in [-0.3, -0.25) is 9.38 Å². The fourth-order valence-corrected chi connectivity index (χ4v) is 4.00. The van der Waals surface area contributed by atoms with E-state index in [1.807, 2.05) is 31.6 Å². The standard InChI is InChI=1S/C24H22N4O3/c1-27-9-7-16-11-15(5-6-18(16)27)19-14-26-24-22(25-8-10-28(19)24)17-12-20(29-2)23(31-4)21(13-17)30-3/h5-14H,1-4H3. The highest BCUT2D eigenvalue weighted by Gasteiger charge is 2.18. The Kier molecular flexibility index (Phi) is 4.51. The Balaban J connectivity index is 1.68. The number of hydrogen-bond acceptors (Lipinski definition) is 5. The molecule has 0 aliphatic rings. The second-order valence-corrected chi connectivity index (χ2v) is 7.23. The van der Waals surface area contributed by atoms with E-state index in [2.05, 4.69) is 44.4 Å². The van der Waals surface area contributed by atoms with Gasteiger partial charge in [0.25, 0.3) is 0 Å². The molecule has 3 aromatic heterocycles. The lowest BCUT2D eigenvalue weighted by atomic mass is 10.1. The van der Waals surface area contributed by atoms with Crippen LogP contribution in [0.2, 0.25) is 0 Å². The van der Waals surface area contributed by atoms with Crippen LogP contribution in [0.15, 0.2) is 61.2 Å². The van der Waals surface area contributed by atoms with Gasteiger partial charge in [0.15, 0.2) is 17.1 Å². The molecule has 0 unspecified atom stereocenters. The zero-order valence-corrected chi connectivity index (χ0v) is 17.8. The molecule has 5 aromatic rings. The average Bonchev–Trinajstić information content (AvgIpc) is 3.41. The van der Waals surface area contributed by atoms with Gasteiger partial charge in [0, 0.05) is 47.7 Å². The molecule has 0 aliphatic carbocycles. The normalized spacial score (nSPS) is 11.2. The Bertz CT molecular complexity index is 1390. The van der Waals surface area contributed by atoms with Gasteiger partial charge in [-0.25, -0.2) is 4.98 Å². The van der Waals surface area contributed by atoms with Gasteiger partial charge in [-0.15, -0.1) is 0 Å². The van der Waals surface area contributed by atoms with E-state index in [0.29, 0.717) is 17.2 Å². The molecule has 5 rings (SSSR count). The second-order valence-electron chi connectivity index (χ2n) is 7.23. The first-order chi connectivity index (χ1) is 15.1. The quantitative estimate of drug-likeness (QED) is 0.421. The molecular weight excluding hydrogens is 392 g/mol. The van der Waals surface area contributed by atoms with E-state index < -0.39 is 0 Å². The van der Waals surface area contributed by atoms with Gasteiger partial charge in [-0.2, -0.15) is 0 Å². The highest BCUT2D eigenvalue weighted by Crippen LogP contribution is 2.41. The van der Waals surface area contributed by atoms with E-state index in [0.717, 1.165) is 28.2 Å². The van der Waals surface area contributed by atoms with E-state index in [4.69, 9.17) is 19.2 Å². The molecule has 0 aliphatic heterocycles. The zero-order chi connectivity index (χ0) is 21.5. The van der Waals surface area contributed by atoms with Crippen LogP contribution in [0.3, 0.4) is 0 Å². The molecule has 0 fully saturated rings. The maximum Gasteiger partial charge on any atom is 0.203 e. The van der Waals surface area contributed by atoms with Crippen molar-refractivity contribution in [1.82, 2.24) is 18.9 Å². The summed E-state index contributed by atoms with van der Waals surface area (Å²) < 4.78 is 20.6. The van der Waals surface area contributed by atoms with Crippen LogP contribution >= 0.6 is 0 Å². The van der Waals surface area contributed by atoms with Crippen molar-refractivity contribution >= 4 is 16.6 Å². The highest BCUT2D eigenvalue weighted by molar-refractivity contribution is 5.86. The lowest BCUT2D eigenvalue weighted by Crippen LogP contribution is -1.98. The number of nitrogens with zero attached hydrogens (tertiary/aromatic N) is 4. The Morgan fingerprint density at radius 3 is 2.29 bits per heavy atom. The molecule has 7 nitrogen and oxygen atoms in total. The van der Waals surface area contributed by atoms with Gasteiger partial charge in [0.05, 0.1) is 33.2 Å². The second kappa shape index (κ2) is 7.36. The van der Waals surface area contributed by atoms with Gasteiger partial charge < -0.3 is 18.8 Å². The molecule has 0 atom stereocenters. The minimum absolute atomic E-state index is 0.542. The number of fused-ring (bicyclic) bond motifs is 2. The van der Waals surface area contributed by atoms with Crippen molar-refractivity contribution in [2.75, 3.05) is 21.3 Å². The Hall–Kier alpha value is -4.00. The lowest BCUT2D eigenvalue weighted by molar-refractivity contribution is 0.324. The number of ether oxygens (including phenoxy) is 3. The summed E-state index contributed by atoms with van der Waals surface area (Å²) >= 11 is 0. The number of hydrogen-bond donors (Lipinski definition) is 0. The third-order valence-corrected chi connectivity index (χ3v) is 5.55. The topological polar surface area (TPSA) is 62.8 Å². The van der Waals surface area contributed by atoms with Gasteiger partial charge in [0.1, 0.15) is 5.69 Å². The summed E-state index contributed by atoms with van der Waals surface area (Å²) in [5.74, 6) is 1.69. The van der Waals surface area contributed by atoms with Crippen LogP contribution in [0.4, 0.5) is 0 Å². The number of benzene rings is 2. The van der Waals surface area contributed by atoms with Crippen molar-refractivity contribution in [1.29, 1.82) is 0 Å². The molecule has 7 heteroatoms. The van der Waals surface area contributed by atoms with Crippen molar-refractivity contribution in [2.24, 2.45) is 7.05 Å². The molecule has 31 heavy (non-hydrogen) atoms. The fourth-order valence-electron chi connectivity index (χ4n) is 4.00. The van der Waals surface area contributed by atoms with Crippen LogP contribution in [0.5, 0.6) is 17.2 Å². The van der Waals surface area contributed by atoms with E-state index in [-0.39, 0.29) is 0 Å². The third-order valence-electron chi connectivity index (χ3n) is 5.55. The number of rotatable bonds is 5. The monoisotopic (exact) mass is 414 g/mol. The molecule has 0 spiro atoms. The van der Waals surface area contributed by atoms with E-state index in [1.165, 1.54) is 10.9 Å². The first-order valence-corrected chi connectivity index (χ1v) is 9.82. The third kappa shape index (κ3) is 2.97. The smallest absolute Gasteiger partial charge is 0.203 e. The predicted molar refractivity (Wildman–Crippen MR) is 120 cm³/mol. The van der Waals surface area contributed by atoms with Gasteiger partial charge in [-0.05, 0) is 30.3 Å². The van der Waals surface area contributed by atoms with E-state index in [1.54, 1.807) is 27.5 Å². The van der Waals surface area contributed by atoms with E-state index in [9.17, 15) is 0 Å². The summed E-state index contributed by atoms with van der Waals surface area (Å²) in [4.78, 5) is 9.30. The number of methoxy groups -OCH3 is 3. The van der Waals surface area contributed by atoms with Crippen LogP contribution in [-0.2, 0) is 7.05 Å². The molecule has 2 aromatic carbocycles. The molecular formula is C24H22N4O3. The highest BCUT2D eigenvalue weighted by atomic mass is 16.5. The molecule has 3 heterocycles. The average molecular weight is 414 g/mol. The van der Waals surface area contributed by atoms with Crippen molar-refractivity contribution in [3.05, 3.63) is 61.2 Å². The SMILES string of the molecule is COc1cc(-c2nccn3c(-c4ccc5c(ccn5C)c4)cnc23)cc(OC)c1OC. The number of imidazole rings is 1. The summed E-state index contributed by atoms with van der Waals surface area (Å²) in [5, 5.41) is 1.19. The van der Waals surface area contributed by atoms with Gasteiger partial charge >= 0.3 is 0 Å². The summed E-state index contributed by atoms with van der Waals surface area (Å²) in [7, 11) is 6.83. The summed E-state index contributed by atoms with van der Waals surface area (Å²) in [5.41, 5.74) is 5.59. The van der Waals surface area contributed by atoms with Crippen molar-refractivity contribution < 1.29 is 14.2 Å². The maximum atomic E-state index is 5.51. The fraction of sp³-hybridized carbons (Fsp3) is 0.167. The Labute approximate surface area is 179 Å². The van der Waals surface area contributed by atoms with Crippen LogP contribution in [0.25, 0.3) is 39.1 Å². The molecule has 0 amide bonds. The number of aromatic nitrogens is 4. The van der Waals surface area contributed by atoms with Crippen molar-refractivity contribution in [2.45, 2.75) is 0 Å². The van der Waals surface area contributed by atoms with Gasteiger partial charge in [0.2, 0.25) is 5.75 Å². The van der Waals surface area contributed by atoms with Crippen molar-refractivity contribution in [3.8, 4) is 39.8 Å². The first kappa shape index (κ1) is 19.0. The van der Waals surface area contributed by atoms with Crippen LogP contribution < -0.4 is 14.2 Å². The Morgan fingerprint density at radius 2 is 1.58 bits per heavy atom. The lowest BCUT2D eigenvalue weighted by Gasteiger charge is -2.14. The summed E-state index contributed by atoms with van der Waals surface area (Å²) in [6.45, 7) is 0. The first-order valence-electron chi connectivity index (χ1n) is 9.82. The van der Waals surface area contributed by atoms with Crippen LogP contribution in [0.1, 0.15) is 0 Å². The molecule has 0 saturated heterocycles. The number of aryl methyl sites for hydroxylation is 1.